The molecule has 3 rings (SSSR count). The van der Waals surface area contributed by atoms with Gasteiger partial charge < -0.3 is 10.1 Å². The standard InChI is InChI=1S/C17H21NO3/c1-2-21-14(19)9-5-11-17-10-4-7-12-6-3-8-13(15(12)17)18-16(17)20/h3,6,8H,2,4-5,7,9-11H2,1H3,(H,18,20). The summed E-state index contributed by atoms with van der Waals surface area (Å²) in [6.45, 7) is 2.22. The molecule has 4 nitrogen and oxygen atoms in total. The summed E-state index contributed by atoms with van der Waals surface area (Å²) in [6.07, 6.45) is 4.76. The van der Waals surface area contributed by atoms with E-state index in [0.717, 1.165) is 31.4 Å². The van der Waals surface area contributed by atoms with E-state index in [-0.39, 0.29) is 11.9 Å². The van der Waals surface area contributed by atoms with Crippen molar-refractivity contribution in [1.82, 2.24) is 0 Å². The van der Waals surface area contributed by atoms with Gasteiger partial charge in [0.05, 0.1) is 12.0 Å². The molecule has 112 valence electrons. The molecule has 0 fully saturated rings. The Bertz CT molecular complexity index is 581. The number of ether oxygens (including phenoxy) is 1. The zero-order valence-electron chi connectivity index (χ0n) is 12.4. The van der Waals surface area contributed by atoms with Crippen LogP contribution in [0, 0.1) is 0 Å². The van der Waals surface area contributed by atoms with Crippen LogP contribution in [0.2, 0.25) is 0 Å². The lowest BCUT2D eigenvalue weighted by molar-refractivity contribution is -0.143. The molecule has 1 heterocycles. The summed E-state index contributed by atoms with van der Waals surface area (Å²) < 4.78 is 4.97. The van der Waals surface area contributed by atoms with E-state index in [0.29, 0.717) is 19.4 Å². The van der Waals surface area contributed by atoms with Crippen LogP contribution in [0.4, 0.5) is 5.69 Å². The highest BCUT2D eigenvalue weighted by Gasteiger charge is 2.48. The molecule has 2 aliphatic rings. The van der Waals surface area contributed by atoms with Gasteiger partial charge in [0, 0.05) is 12.1 Å². The monoisotopic (exact) mass is 287 g/mol. The SMILES string of the molecule is CCOC(=O)CCCC12CCCc3cccc(c31)NC2=O. The summed E-state index contributed by atoms with van der Waals surface area (Å²) in [7, 11) is 0. The first-order valence-corrected chi connectivity index (χ1v) is 7.77. The van der Waals surface area contributed by atoms with Crippen LogP contribution in [0.25, 0.3) is 0 Å². The van der Waals surface area contributed by atoms with E-state index in [4.69, 9.17) is 4.74 Å². The van der Waals surface area contributed by atoms with Crippen LogP contribution in [0.3, 0.4) is 0 Å². The van der Waals surface area contributed by atoms with Crippen molar-refractivity contribution >= 4 is 17.6 Å². The van der Waals surface area contributed by atoms with Gasteiger partial charge in [-0.2, -0.15) is 0 Å². The fourth-order valence-corrected chi connectivity index (χ4v) is 3.78. The van der Waals surface area contributed by atoms with Crippen LogP contribution in [-0.2, 0) is 26.2 Å². The number of anilines is 1. The number of nitrogens with one attached hydrogen (secondary N) is 1. The van der Waals surface area contributed by atoms with Gasteiger partial charge in [-0.3, -0.25) is 9.59 Å². The van der Waals surface area contributed by atoms with E-state index in [1.807, 2.05) is 19.1 Å². The number of aryl methyl sites for hydroxylation is 1. The lowest BCUT2D eigenvalue weighted by atomic mass is 9.68. The Morgan fingerprint density at radius 2 is 2.29 bits per heavy atom. The lowest BCUT2D eigenvalue weighted by Gasteiger charge is -2.33. The van der Waals surface area contributed by atoms with Crippen LogP contribution in [-0.4, -0.2) is 18.5 Å². The minimum absolute atomic E-state index is 0.105. The zero-order chi connectivity index (χ0) is 14.9. The van der Waals surface area contributed by atoms with Gasteiger partial charge in [-0.05, 0) is 56.2 Å². The molecule has 0 aromatic heterocycles. The Kier molecular flexibility index (Phi) is 3.70. The second-order valence-electron chi connectivity index (χ2n) is 5.89. The third kappa shape index (κ3) is 2.33. The van der Waals surface area contributed by atoms with Gasteiger partial charge in [0.25, 0.3) is 0 Å². The summed E-state index contributed by atoms with van der Waals surface area (Å²) in [6, 6.07) is 6.11. The second kappa shape index (κ2) is 5.51. The van der Waals surface area contributed by atoms with E-state index >= 15 is 0 Å². The van der Waals surface area contributed by atoms with Crippen LogP contribution in [0.15, 0.2) is 18.2 Å². The number of benzene rings is 1. The molecule has 1 aromatic rings. The van der Waals surface area contributed by atoms with Crippen molar-refractivity contribution in [3.63, 3.8) is 0 Å². The fraction of sp³-hybridized carbons (Fsp3) is 0.529. The van der Waals surface area contributed by atoms with Gasteiger partial charge in [0.15, 0.2) is 0 Å². The maximum atomic E-state index is 12.5. The second-order valence-corrected chi connectivity index (χ2v) is 5.89. The predicted molar refractivity (Wildman–Crippen MR) is 80.2 cm³/mol. The summed E-state index contributed by atoms with van der Waals surface area (Å²) >= 11 is 0. The number of hydrogen-bond acceptors (Lipinski definition) is 3. The van der Waals surface area contributed by atoms with E-state index < -0.39 is 5.41 Å². The molecule has 1 aliphatic heterocycles. The highest BCUT2D eigenvalue weighted by molar-refractivity contribution is 6.07. The van der Waals surface area contributed by atoms with Crippen molar-refractivity contribution in [2.24, 2.45) is 0 Å². The normalized spacial score (nSPS) is 22.6. The molecule has 1 atom stereocenters. The van der Waals surface area contributed by atoms with Crippen molar-refractivity contribution in [2.75, 3.05) is 11.9 Å². The Morgan fingerprint density at radius 1 is 1.43 bits per heavy atom. The number of esters is 1. The molecule has 1 aromatic carbocycles. The molecule has 1 N–H and O–H groups in total. The summed E-state index contributed by atoms with van der Waals surface area (Å²) in [5.41, 5.74) is 3.02. The van der Waals surface area contributed by atoms with Crippen molar-refractivity contribution < 1.29 is 14.3 Å². The van der Waals surface area contributed by atoms with Crippen LogP contribution in [0.5, 0.6) is 0 Å². The van der Waals surface area contributed by atoms with Crippen molar-refractivity contribution in [1.29, 1.82) is 0 Å². The number of carbonyl (C=O) groups is 2. The topological polar surface area (TPSA) is 55.4 Å². The van der Waals surface area contributed by atoms with E-state index in [1.54, 1.807) is 0 Å². The maximum Gasteiger partial charge on any atom is 0.305 e. The van der Waals surface area contributed by atoms with Crippen LogP contribution < -0.4 is 5.32 Å². The van der Waals surface area contributed by atoms with Gasteiger partial charge in [-0.15, -0.1) is 0 Å². The smallest absolute Gasteiger partial charge is 0.305 e. The molecular formula is C17H21NO3. The van der Waals surface area contributed by atoms with Crippen molar-refractivity contribution in [3.8, 4) is 0 Å². The van der Waals surface area contributed by atoms with Gasteiger partial charge in [-0.1, -0.05) is 12.1 Å². The molecule has 0 spiro atoms. The molecule has 4 heteroatoms. The van der Waals surface area contributed by atoms with Gasteiger partial charge in [-0.25, -0.2) is 0 Å². The van der Waals surface area contributed by atoms with E-state index in [9.17, 15) is 9.59 Å². The third-order valence-corrected chi connectivity index (χ3v) is 4.65. The molecule has 0 radical (unpaired) electrons. The minimum atomic E-state index is -0.420. The fourth-order valence-electron chi connectivity index (χ4n) is 3.78. The van der Waals surface area contributed by atoms with Gasteiger partial charge >= 0.3 is 5.97 Å². The first kappa shape index (κ1) is 14.1. The summed E-state index contributed by atoms with van der Waals surface area (Å²) in [4.78, 5) is 24.0. The molecule has 1 amide bonds. The number of rotatable bonds is 5. The lowest BCUT2D eigenvalue weighted by Crippen LogP contribution is -2.37. The predicted octanol–water partition coefficient (Wildman–Crippen LogP) is 2.95. The Hall–Kier alpha value is -1.84. The third-order valence-electron chi connectivity index (χ3n) is 4.65. The first-order chi connectivity index (χ1) is 10.2. The molecule has 0 bridgehead atoms. The van der Waals surface area contributed by atoms with Crippen molar-refractivity contribution in [2.45, 2.75) is 50.9 Å². The van der Waals surface area contributed by atoms with E-state index in [2.05, 4.69) is 11.4 Å². The first-order valence-electron chi connectivity index (χ1n) is 7.77. The highest BCUT2D eigenvalue weighted by Crippen LogP contribution is 2.49. The van der Waals surface area contributed by atoms with E-state index in [1.165, 1.54) is 11.1 Å². The van der Waals surface area contributed by atoms with Crippen molar-refractivity contribution in [3.05, 3.63) is 29.3 Å². The molecule has 1 aliphatic carbocycles. The number of carbonyl (C=O) groups excluding carboxylic acids is 2. The summed E-state index contributed by atoms with van der Waals surface area (Å²) in [5.74, 6) is -0.0647. The summed E-state index contributed by atoms with van der Waals surface area (Å²) in [5, 5.41) is 3.03. The molecule has 21 heavy (non-hydrogen) atoms. The Labute approximate surface area is 124 Å². The Balaban J connectivity index is 1.80. The largest absolute Gasteiger partial charge is 0.466 e. The molecular weight excluding hydrogens is 266 g/mol. The molecule has 0 saturated carbocycles. The zero-order valence-corrected chi connectivity index (χ0v) is 12.4. The van der Waals surface area contributed by atoms with Gasteiger partial charge in [0.1, 0.15) is 0 Å². The number of amides is 1. The molecule has 1 unspecified atom stereocenters. The van der Waals surface area contributed by atoms with Gasteiger partial charge in [0.2, 0.25) is 5.91 Å². The average Bonchev–Trinajstić information content (AvgIpc) is 2.75. The average molecular weight is 287 g/mol. The van der Waals surface area contributed by atoms with Crippen LogP contribution >= 0.6 is 0 Å². The minimum Gasteiger partial charge on any atom is -0.466 e. The quantitative estimate of drug-likeness (QED) is 0.847. The molecule has 0 saturated heterocycles. The maximum absolute atomic E-state index is 12.5. The van der Waals surface area contributed by atoms with Crippen LogP contribution in [0.1, 0.15) is 50.2 Å². The Morgan fingerprint density at radius 3 is 3.10 bits per heavy atom. The highest BCUT2D eigenvalue weighted by atomic mass is 16.5. The number of hydrogen-bond donors (Lipinski definition) is 1.